The van der Waals surface area contributed by atoms with Gasteiger partial charge in [0.15, 0.2) is 5.78 Å². The average Bonchev–Trinajstić information content (AvgIpc) is 2.49. The molecule has 1 fully saturated rings. The van der Waals surface area contributed by atoms with E-state index < -0.39 is 0 Å². The first kappa shape index (κ1) is 16.0. The summed E-state index contributed by atoms with van der Waals surface area (Å²) in [6, 6.07) is 7.55. The molecule has 1 aliphatic carbocycles. The fourth-order valence-corrected chi connectivity index (χ4v) is 3.18. The number of Topliss-reactive ketones (excluding diaryl/α,β-unsaturated/α-hetero) is 1. The number of para-hydroxylation sites is 1. The van der Waals surface area contributed by atoms with Gasteiger partial charge in [-0.2, -0.15) is 0 Å². The zero-order chi connectivity index (χ0) is 15.1. The summed E-state index contributed by atoms with van der Waals surface area (Å²) >= 11 is 0. The lowest BCUT2D eigenvalue weighted by atomic mass is 9.89. The first-order valence-corrected chi connectivity index (χ1v) is 8.14. The Balaban J connectivity index is 1.91. The highest BCUT2D eigenvalue weighted by molar-refractivity contribution is 6.00. The molecule has 116 valence electrons. The van der Waals surface area contributed by atoms with Gasteiger partial charge in [-0.05, 0) is 44.9 Å². The minimum absolute atomic E-state index is 0.150. The van der Waals surface area contributed by atoms with E-state index >= 15 is 0 Å². The van der Waals surface area contributed by atoms with Crippen molar-refractivity contribution in [2.24, 2.45) is 5.92 Å². The Morgan fingerprint density at radius 3 is 2.67 bits per heavy atom. The summed E-state index contributed by atoms with van der Waals surface area (Å²) in [4.78, 5) is 14.6. The number of likely N-dealkylation sites (N-methyl/N-ethyl adjacent to an activating group) is 1. The SMILES string of the molecule is CCOc1ccccc1C(=O)CN(C)CC1CCCCC1. The molecule has 3 nitrogen and oxygen atoms in total. The molecule has 0 atom stereocenters. The molecule has 0 spiro atoms. The van der Waals surface area contributed by atoms with E-state index in [0.717, 1.165) is 12.5 Å². The maximum Gasteiger partial charge on any atom is 0.180 e. The Labute approximate surface area is 128 Å². The zero-order valence-electron chi connectivity index (χ0n) is 13.3. The molecule has 1 aliphatic rings. The van der Waals surface area contributed by atoms with E-state index in [-0.39, 0.29) is 5.78 Å². The van der Waals surface area contributed by atoms with Crippen LogP contribution in [0.25, 0.3) is 0 Å². The van der Waals surface area contributed by atoms with Crippen molar-refractivity contribution in [1.29, 1.82) is 0 Å². The first-order chi connectivity index (χ1) is 10.2. The number of hydrogen-bond donors (Lipinski definition) is 0. The largest absolute Gasteiger partial charge is 0.493 e. The average molecular weight is 289 g/mol. The van der Waals surface area contributed by atoms with Crippen LogP contribution in [-0.2, 0) is 0 Å². The summed E-state index contributed by atoms with van der Waals surface area (Å²) in [6.07, 6.45) is 6.70. The van der Waals surface area contributed by atoms with Gasteiger partial charge < -0.3 is 4.74 Å². The van der Waals surface area contributed by atoms with Crippen LogP contribution in [0.15, 0.2) is 24.3 Å². The predicted octanol–water partition coefficient (Wildman–Crippen LogP) is 3.78. The van der Waals surface area contributed by atoms with Crippen LogP contribution in [0.2, 0.25) is 0 Å². The molecule has 0 saturated heterocycles. The van der Waals surface area contributed by atoms with Gasteiger partial charge in [0.2, 0.25) is 0 Å². The number of carbonyl (C=O) groups is 1. The molecule has 3 heteroatoms. The molecule has 1 aromatic carbocycles. The highest BCUT2D eigenvalue weighted by Gasteiger charge is 2.18. The van der Waals surface area contributed by atoms with Crippen molar-refractivity contribution in [3.05, 3.63) is 29.8 Å². The van der Waals surface area contributed by atoms with Gasteiger partial charge in [0.25, 0.3) is 0 Å². The summed E-state index contributed by atoms with van der Waals surface area (Å²) in [5, 5.41) is 0. The number of nitrogens with zero attached hydrogens (tertiary/aromatic N) is 1. The molecule has 0 amide bonds. The maximum absolute atomic E-state index is 12.5. The van der Waals surface area contributed by atoms with Crippen LogP contribution >= 0.6 is 0 Å². The molecule has 0 radical (unpaired) electrons. The molecule has 0 aliphatic heterocycles. The van der Waals surface area contributed by atoms with Crippen molar-refractivity contribution < 1.29 is 9.53 Å². The zero-order valence-corrected chi connectivity index (χ0v) is 13.3. The molecular weight excluding hydrogens is 262 g/mol. The van der Waals surface area contributed by atoms with Gasteiger partial charge in [-0.15, -0.1) is 0 Å². The second kappa shape index (κ2) is 8.18. The lowest BCUT2D eigenvalue weighted by Crippen LogP contribution is -2.31. The summed E-state index contributed by atoms with van der Waals surface area (Å²) < 4.78 is 5.55. The van der Waals surface area contributed by atoms with E-state index in [1.165, 1.54) is 32.1 Å². The third-order valence-electron chi connectivity index (χ3n) is 4.20. The number of rotatable bonds is 7. The van der Waals surface area contributed by atoms with E-state index in [1.54, 1.807) is 0 Å². The quantitative estimate of drug-likeness (QED) is 0.715. The lowest BCUT2D eigenvalue weighted by Gasteiger charge is -2.26. The molecule has 1 aromatic rings. The van der Waals surface area contributed by atoms with Crippen molar-refractivity contribution >= 4 is 5.78 Å². The second-order valence-electron chi connectivity index (χ2n) is 6.05. The van der Waals surface area contributed by atoms with Crippen LogP contribution in [0, 0.1) is 5.92 Å². The van der Waals surface area contributed by atoms with E-state index in [4.69, 9.17) is 4.74 Å². The lowest BCUT2D eigenvalue weighted by molar-refractivity contribution is 0.0928. The van der Waals surface area contributed by atoms with Crippen molar-refractivity contribution in [1.82, 2.24) is 4.90 Å². The molecule has 21 heavy (non-hydrogen) atoms. The molecular formula is C18H27NO2. The fourth-order valence-electron chi connectivity index (χ4n) is 3.18. The van der Waals surface area contributed by atoms with Crippen molar-refractivity contribution in [2.75, 3.05) is 26.7 Å². The number of benzene rings is 1. The van der Waals surface area contributed by atoms with Crippen molar-refractivity contribution in [2.45, 2.75) is 39.0 Å². The predicted molar refractivity (Wildman–Crippen MR) is 86.0 cm³/mol. The molecule has 0 bridgehead atoms. The van der Waals surface area contributed by atoms with E-state index in [2.05, 4.69) is 11.9 Å². The second-order valence-corrected chi connectivity index (χ2v) is 6.05. The van der Waals surface area contributed by atoms with Crippen LogP contribution in [0.3, 0.4) is 0 Å². The van der Waals surface area contributed by atoms with Crippen LogP contribution in [0.5, 0.6) is 5.75 Å². The Hall–Kier alpha value is -1.35. The van der Waals surface area contributed by atoms with Gasteiger partial charge in [0.05, 0.1) is 18.7 Å². The summed E-state index contributed by atoms with van der Waals surface area (Å²) in [5.74, 6) is 1.62. The fraction of sp³-hybridized carbons (Fsp3) is 0.611. The third-order valence-corrected chi connectivity index (χ3v) is 4.20. The molecule has 0 N–H and O–H groups in total. The standard InChI is InChI=1S/C18H27NO2/c1-3-21-18-12-8-7-11-16(18)17(20)14-19(2)13-15-9-5-4-6-10-15/h7-8,11-12,15H,3-6,9-10,13-14H2,1-2H3. The normalized spacial score (nSPS) is 16.1. The van der Waals surface area contributed by atoms with E-state index in [9.17, 15) is 4.79 Å². The Bertz CT molecular complexity index is 452. The highest BCUT2D eigenvalue weighted by Crippen LogP contribution is 2.24. The van der Waals surface area contributed by atoms with Crippen LogP contribution in [-0.4, -0.2) is 37.4 Å². The Kier molecular flexibility index (Phi) is 6.24. The minimum Gasteiger partial charge on any atom is -0.493 e. The summed E-state index contributed by atoms with van der Waals surface area (Å²) in [5.41, 5.74) is 0.704. The molecule has 0 heterocycles. The van der Waals surface area contributed by atoms with Gasteiger partial charge in [-0.25, -0.2) is 0 Å². The van der Waals surface area contributed by atoms with Gasteiger partial charge in [0.1, 0.15) is 5.75 Å². The monoisotopic (exact) mass is 289 g/mol. The maximum atomic E-state index is 12.5. The molecule has 0 unspecified atom stereocenters. The Morgan fingerprint density at radius 2 is 1.95 bits per heavy atom. The third kappa shape index (κ3) is 4.85. The van der Waals surface area contributed by atoms with Gasteiger partial charge in [0, 0.05) is 6.54 Å². The smallest absolute Gasteiger partial charge is 0.180 e. The van der Waals surface area contributed by atoms with Crippen LogP contribution in [0.1, 0.15) is 49.4 Å². The van der Waals surface area contributed by atoms with Crippen molar-refractivity contribution in [3.63, 3.8) is 0 Å². The molecule has 2 rings (SSSR count). The van der Waals surface area contributed by atoms with E-state index in [1.807, 2.05) is 31.2 Å². The van der Waals surface area contributed by atoms with Gasteiger partial charge in [-0.3, -0.25) is 9.69 Å². The first-order valence-electron chi connectivity index (χ1n) is 8.14. The summed E-state index contributed by atoms with van der Waals surface area (Å²) in [6.45, 7) is 4.03. The Morgan fingerprint density at radius 1 is 1.24 bits per heavy atom. The number of carbonyl (C=O) groups excluding carboxylic acids is 1. The van der Waals surface area contributed by atoms with Gasteiger partial charge in [-0.1, -0.05) is 31.4 Å². The van der Waals surface area contributed by atoms with E-state index in [0.29, 0.717) is 24.5 Å². The molecule has 0 aromatic heterocycles. The summed E-state index contributed by atoms with van der Waals surface area (Å²) in [7, 11) is 2.05. The van der Waals surface area contributed by atoms with Crippen LogP contribution in [0.4, 0.5) is 0 Å². The minimum atomic E-state index is 0.150. The van der Waals surface area contributed by atoms with Crippen LogP contribution < -0.4 is 4.74 Å². The number of hydrogen-bond acceptors (Lipinski definition) is 3. The topological polar surface area (TPSA) is 29.5 Å². The van der Waals surface area contributed by atoms with Crippen molar-refractivity contribution in [3.8, 4) is 5.75 Å². The number of ether oxygens (including phenoxy) is 1. The van der Waals surface area contributed by atoms with Gasteiger partial charge >= 0.3 is 0 Å². The highest BCUT2D eigenvalue weighted by atomic mass is 16.5. The number of ketones is 1. The molecule has 1 saturated carbocycles.